The zero-order valence-corrected chi connectivity index (χ0v) is 14.9. The highest BCUT2D eigenvalue weighted by molar-refractivity contribution is 9.10. The van der Waals surface area contributed by atoms with Crippen molar-refractivity contribution < 1.29 is 4.79 Å². The van der Waals surface area contributed by atoms with E-state index in [1.54, 1.807) is 11.3 Å². The molecule has 0 spiro atoms. The molecule has 0 aliphatic heterocycles. The fourth-order valence-corrected chi connectivity index (χ4v) is 7.22. The highest BCUT2D eigenvalue weighted by Gasteiger charge is 2.58. The van der Waals surface area contributed by atoms with Crippen molar-refractivity contribution in [1.29, 1.82) is 0 Å². The maximum Gasteiger partial charge on any atom is 0.226 e. The van der Waals surface area contributed by atoms with Crippen LogP contribution < -0.4 is 5.32 Å². The first-order chi connectivity index (χ1) is 9.98. The number of hydrogen-bond donors (Lipinski definition) is 1. The van der Waals surface area contributed by atoms with E-state index in [9.17, 15) is 4.79 Å². The van der Waals surface area contributed by atoms with E-state index in [1.807, 2.05) is 0 Å². The van der Waals surface area contributed by atoms with Gasteiger partial charge >= 0.3 is 0 Å². The van der Waals surface area contributed by atoms with Crippen LogP contribution in [0, 0.1) is 22.7 Å². The molecule has 2 nitrogen and oxygen atoms in total. The molecule has 4 aliphatic carbocycles. The highest BCUT2D eigenvalue weighted by atomic mass is 79.9. The number of rotatable bonds is 3. The normalized spacial score (nSPS) is 40.5. The van der Waals surface area contributed by atoms with Gasteiger partial charge in [0, 0.05) is 9.35 Å². The fourth-order valence-electron chi connectivity index (χ4n) is 5.79. The number of nitrogens with one attached hydrogen (secondary N) is 1. The van der Waals surface area contributed by atoms with Gasteiger partial charge in [-0.3, -0.25) is 4.79 Å². The average Bonchev–Trinajstić information content (AvgIpc) is 2.78. The molecule has 2 unspecified atom stereocenters. The number of thiophene rings is 1. The third-order valence-corrected chi connectivity index (χ3v) is 7.86. The van der Waals surface area contributed by atoms with Gasteiger partial charge in [0.15, 0.2) is 0 Å². The zero-order chi connectivity index (χ0) is 14.7. The number of hydrogen-bond acceptors (Lipinski definition) is 2. The quantitative estimate of drug-likeness (QED) is 0.821. The van der Waals surface area contributed by atoms with Gasteiger partial charge in [0.1, 0.15) is 0 Å². The first-order valence-electron chi connectivity index (χ1n) is 7.98. The van der Waals surface area contributed by atoms with E-state index in [1.165, 1.54) is 24.1 Å². The molecule has 21 heavy (non-hydrogen) atoms. The smallest absolute Gasteiger partial charge is 0.226 e. The van der Waals surface area contributed by atoms with Crippen LogP contribution in [-0.2, 0) is 11.3 Å². The Morgan fingerprint density at radius 3 is 2.67 bits per heavy atom. The van der Waals surface area contributed by atoms with Gasteiger partial charge in [-0.2, -0.15) is 0 Å². The van der Waals surface area contributed by atoms with E-state index in [4.69, 9.17) is 0 Å². The molecule has 1 aromatic rings. The third-order valence-electron chi connectivity index (χ3n) is 5.94. The van der Waals surface area contributed by atoms with E-state index in [-0.39, 0.29) is 5.41 Å². The second-order valence-corrected chi connectivity index (χ2v) is 9.78. The van der Waals surface area contributed by atoms with Crippen molar-refractivity contribution in [3.8, 4) is 0 Å². The molecular formula is C17H22BrNOS. The molecule has 1 heterocycles. The third kappa shape index (κ3) is 2.39. The molecule has 4 heteroatoms. The molecule has 0 radical (unpaired) electrons. The summed E-state index contributed by atoms with van der Waals surface area (Å²) in [5.41, 5.74) is 0.382. The standard InChI is InChI=1S/C17H22BrNOS/c1-16-5-11-4-12(6-16)8-17(7-11,10-16)15(20)19-9-14-13(18)2-3-21-14/h2-3,11-12H,4-10H2,1H3,(H,19,20). The van der Waals surface area contributed by atoms with Gasteiger partial charge in [-0.05, 0) is 83.2 Å². The van der Waals surface area contributed by atoms with Crippen LogP contribution in [0.4, 0.5) is 0 Å². The van der Waals surface area contributed by atoms with Crippen molar-refractivity contribution in [2.45, 2.75) is 52.0 Å². The number of carbonyl (C=O) groups excluding carboxylic acids is 1. The van der Waals surface area contributed by atoms with Gasteiger partial charge in [0.25, 0.3) is 0 Å². The van der Waals surface area contributed by atoms with Crippen molar-refractivity contribution in [2.75, 3.05) is 0 Å². The molecule has 114 valence electrons. The SMILES string of the molecule is CC12CC3CC(C1)CC(C(=O)NCc1sccc1Br)(C3)C2. The van der Waals surface area contributed by atoms with Crippen LogP contribution in [0.3, 0.4) is 0 Å². The second kappa shape index (κ2) is 4.82. The second-order valence-electron chi connectivity index (χ2n) is 7.93. The summed E-state index contributed by atoms with van der Waals surface area (Å²) in [6, 6.07) is 2.05. The Morgan fingerprint density at radius 1 is 1.38 bits per heavy atom. The molecule has 0 aromatic carbocycles. The van der Waals surface area contributed by atoms with E-state index in [2.05, 4.69) is 39.6 Å². The van der Waals surface area contributed by atoms with E-state index in [0.717, 1.165) is 35.6 Å². The summed E-state index contributed by atoms with van der Waals surface area (Å²) >= 11 is 5.25. The van der Waals surface area contributed by atoms with Gasteiger partial charge in [0.2, 0.25) is 5.91 Å². The molecule has 4 saturated carbocycles. The van der Waals surface area contributed by atoms with Crippen LogP contribution in [0.5, 0.6) is 0 Å². The summed E-state index contributed by atoms with van der Waals surface area (Å²) in [6.45, 7) is 3.09. The van der Waals surface area contributed by atoms with Crippen molar-refractivity contribution in [3.63, 3.8) is 0 Å². The highest BCUT2D eigenvalue weighted by Crippen LogP contribution is 2.65. The predicted molar refractivity (Wildman–Crippen MR) is 89.1 cm³/mol. The summed E-state index contributed by atoms with van der Waals surface area (Å²) in [5, 5.41) is 5.31. The monoisotopic (exact) mass is 367 g/mol. The Labute approximate surface area is 138 Å². The van der Waals surface area contributed by atoms with Gasteiger partial charge in [-0.15, -0.1) is 11.3 Å². The molecular weight excluding hydrogens is 346 g/mol. The lowest BCUT2D eigenvalue weighted by Crippen LogP contribution is -2.56. The van der Waals surface area contributed by atoms with Crippen LogP contribution in [0.1, 0.15) is 50.3 Å². The van der Waals surface area contributed by atoms with Crippen LogP contribution in [-0.4, -0.2) is 5.91 Å². The lowest BCUT2D eigenvalue weighted by atomic mass is 9.44. The predicted octanol–water partition coefficient (Wildman–Crippen LogP) is 4.73. The van der Waals surface area contributed by atoms with E-state index < -0.39 is 0 Å². The van der Waals surface area contributed by atoms with Crippen molar-refractivity contribution >= 4 is 33.2 Å². The van der Waals surface area contributed by atoms with Crippen LogP contribution >= 0.6 is 27.3 Å². The lowest BCUT2D eigenvalue weighted by Gasteiger charge is -2.60. The molecule has 2 atom stereocenters. The fraction of sp³-hybridized carbons (Fsp3) is 0.706. The van der Waals surface area contributed by atoms with Gasteiger partial charge in [-0.1, -0.05) is 6.92 Å². The minimum Gasteiger partial charge on any atom is -0.351 e. The number of carbonyl (C=O) groups is 1. The molecule has 1 N–H and O–H groups in total. The van der Waals surface area contributed by atoms with Crippen molar-refractivity contribution in [2.24, 2.45) is 22.7 Å². The van der Waals surface area contributed by atoms with Crippen LogP contribution in [0.25, 0.3) is 0 Å². The maximum atomic E-state index is 12.9. The maximum absolute atomic E-state index is 12.9. The molecule has 4 fully saturated rings. The van der Waals surface area contributed by atoms with Crippen LogP contribution in [0.2, 0.25) is 0 Å². The largest absolute Gasteiger partial charge is 0.351 e. The first kappa shape index (κ1) is 14.3. The zero-order valence-electron chi connectivity index (χ0n) is 12.5. The number of amides is 1. The van der Waals surface area contributed by atoms with E-state index in [0.29, 0.717) is 17.9 Å². The summed E-state index contributed by atoms with van der Waals surface area (Å²) in [6.07, 6.45) is 7.47. The van der Waals surface area contributed by atoms with E-state index >= 15 is 0 Å². The molecule has 5 rings (SSSR count). The minimum atomic E-state index is -0.0530. The topological polar surface area (TPSA) is 29.1 Å². The summed E-state index contributed by atoms with van der Waals surface area (Å²) < 4.78 is 1.12. The molecule has 4 aliphatic rings. The summed E-state index contributed by atoms with van der Waals surface area (Å²) in [7, 11) is 0. The van der Waals surface area contributed by atoms with Crippen molar-refractivity contribution in [1.82, 2.24) is 5.32 Å². The summed E-state index contributed by atoms with van der Waals surface area (Å²) in [4.78, 5) is 14.1. The number of halogens is 1. The molecule has 1 amide bonds. The summed E-state index contributed by atoms with van der Waals surface area (Å²) in [5.74, 6) is 1.93. The Morgan fingerprint density at radius 2 is 2.10 bits per heavy atom. The molecule has 4 bridgehead atoms. The van der Waals surface area contributed by atoms with Gasteiger partial charge in [-0.25, -0.2) is 0 Å². The Bertz CT molecular complexity index is 567. The Kier molecular flexibility index (Phi) is 3.27. The van der Waals surface area contributed by atoms with Gasteiger partial charge < -0.3 is 5.32 Å². The molecule has 1 aromatic heterocycles. The molecule has 0 saturated heterocycles. The van der Waals surface area contributed by atoms with Crippen molar-refractivity contribution in [3.05, 3.63) is 20.8 Å². The average molecular weight is 368 g/mol. The Balaban J connectivity index is 1.50. The minimum absolute atomic E-state index is 0.0530. The first-order valence-corrected chi connectivity index (χ1v) is 9.66. The van der Waals surface area contributed by atoms with Gasteiger partial charge in [0.05, 0.1) is 12.0 Å². The van der Waals surface area contributed by atoms with Crippen LogP contribution in [0.15, 0.2) is 15.9 Å². The lowest BCUT2D eigenvalue weighted by molar-refractivity contribution is -0.155. The Hall–Kier alpha value is -0.350.